The Morgan fingerprint density at radius 2 is 2.00 bits per heavy atom. The minimum Gasteiger partial charge on any atom is -0.291 e. The van der Waals surface area contributed by atoms with E-state index in [1.807, 2.05) is 20.8 Å². The second-order valence-corrected chi connectivity index (χ2v) is 7.06. The van der Waals surface area contributed by atoms with Crippen molar-refractivity contribution in [1.29, 1.82) is 0 Å². The number of nitrogens with zero attached hydrogens (tertiary/aromatic N) is 4. The van der Waals surface area contributed by atoms with Crippen LogP contribution in [0.25, 0.3) is 10.7 Å². The van der Waals surface area contributed by atoms with Crippen molar-refractivity contribution in [3.05, 3.63) is 11.7 Å². The van der Waals surface area contributed by atoms with E-state index in [4.69, 9.17) is 5.14 Å². The second kappa shape index (κ2) is 4.11. The molecule has 0 spiro atoms. The Morgan fingerprint density at radius 1 is 1.33 bits per heavy atom. The van der Waals surface area contributed by atoms with Gasteiger partial charge in [0.1, 0.15) is 0 Å². The quantitative estimate of drug-likeness (QED) is 0.880. The summed E-state index contributed by atoms with van der Waals surface area (Å²) in [7, 11) is -3.91. The highest BCUT2D eigenvalue weighted by Crippen LogP contribution is 2.29. The predicted octanol–water partition coefficient (Wildman–Crippen LogP) is 0.804. The van der Waals surface area contributed by atoms with Crippen LogP contribution in [0.3, 0.4) is 0 Å². The molecule has 0 aliphatic carbocycles. The first-order valence-electron chi connectivity index (χ1n) is 5.09. The molecule has 0 bridgehead atoms. The average Bonchev–Trinajstić information content (AvgIpc) is 2.83. The monoisotopic (exact) mass is 287 g/mol. The Balaban J connectivity index is 2.75. The lowest BCUT2D eigenvalue weighted by atomic mass is 10.1. The van der Waals surface area contributed by atoms with Crippen LogP contribution in [0.4, 0.5) is 0 Å². The highest BCUT2D eigenvalue weighted by molar-refractivity contribution is 7.89. The molecular weight excluding hydrogens is 274 g/mol. The van der Waals surface area contributed by atoms with Gasteiger partial charge < -0.3 is 0 Å². The van der Waals surface area contributed by atoms with E-state index < -0.39 is 15.6 Å². The van der Waals surface area contributed by atoms with Crippen LogP contribution in [0.2, 0.25) is 0 Å². The lowest BCUT2D eigenvalue weighted by molar-refractivity contribution is 0.366. The number of primary sulfonamides is 1. The van der Waals surface area contributed by atoms with Crippen molar-refractivity contribution in [3.8, 4) is 10.7 Å². The summed E-state index contributed by atoms with van der Waals surface area (Å²) >= 11 is 1.36. The number of aromatic nitrogens is 4. The van der Waals surface area contributed by atoms with Gasteiger partial charge in [0.05, 0.1) is 10.4 Å². The lowest BCUT2D eigenvalue weighted by Crippen LogP contribution is -2.29. The van der Waals surface area contributed by atoms with Gasteiger partial charge in [0.25, 0.3) is 15.2 Å². The average molecular weight is 287 g/mol. The summed E-state index contributed by atoms with van der Waals surface area (Å²) in [5, 5.41) is 12.5. The molecule has 7 nitrogen and oxygen atoms in total. The largest absolute Gasteiger partial charge is 0.291 e. The van der Waals surface area contributed by atoms with Crippen molar-refractivity contribution in [2.24, 2.45) is 5.14 Å². The molecule has 2 N–H and O–H groups in total. The van der Waals surface area contributed by atoms with Gasteiger partial charge in [-0.25, -0.2) is 13.6 Å². The molecule has 0 atom stereocenters. The van der Waals surface area contributed by atoms with Crippen LogP contribution in [0.5, 0.6) is 0 Å². The molecular formula is C9H13N5O2S2. The van der Waals surface area contributed by atoms with Gasteiger partial charge in [0, 0.05) is 11.7 Å². The Labute approximate surface area is 109 Å². The van der Waals surface area contributed by atoms with Gasteiger partial charge in [-0.15, -0.1) is 21.5 Å². The smallest absolute Gasteiger partial charge is 0.273 e. The zero-order valence-electron chi connectivity index (χ0n) is 10.2. The van der Waals surface area contributed by atoms with Crippen LogP contribution in [-0.4, -0.2) is 28.2 Å². The van der Waals surface area contributed by atoms with Crippen molar-refractivity contribution < 1.29 is 8.42 Å². The molecule has 0 unspecified atom stereocenters. The van der Waals surface area contributed by atoms with Crippen molar-refractivity contribution in [2.45, 2.75) is 31.5 Å². The molecule has 2 rings (SSSR count). The number of thiazole rings is 1. The van der Waals surface area contributed by atoms with Gasteiger partial charge in [-0.05, 0) is 20.8 Å². The maximum atomic E-state index is 11.5. The van der Waals surface area contributed by atoms with Crippen LogP contribution in [0.15, 0.2) is 16.9 Å². The van der Waals surface area contributed by atoms with E-state index in [1.54, 1.807) is 11.7 Å². The highest BCUT2D eigenvalue weighted by atomic mass is 32.2. The Kier molecular flexibility index (Phi) is 2.99. The van der Waals surface area contributed by atoms with E-state index in [0.29, 0.717) is 5.82 Å². The van der Waals surface area contributed by atoms with Gasteiger partial charge in [-0.2, -0.15) is 0 Å². The fourth-order valence-electron chi connectivity index (χ4n) is 1.54. The topological polar surface area (TPSA) is 104 Å². The second-order valence-electron chi connectivity index (χ2n) is 4.72. The van der Waals surface area contributed by atoms with Gasteiger partial charge in [0.15, 0.2) is 5.82 Å². The van der Waals surface area contributed by atoms with Crippen LogP contribution >= 0.6 is 11.3 Å². The number of sulfonamides is 1. The first-order valence-corrected chi connectivity index (χ1v) is 7.51. The maximum absolute atomic E-state index is 11.5. The fourth-order valence-corrected chi connectivity index (χ4v) is 2.91. The molecule has 0 aromatic carbocycles. The van der Waals surface area contributed by atoms with E-state index in [9.17, 15) is 8.42 Å². The first kappa shape index (κ1) is 13.1. The zero-order valence-corrected chi connectivity index (χ0v) is 11.8. The molecule has 2 heterocycles. The Morgan fingerprint density at radius 3 is 2.44 bits per heavy atom. The minimum atomic E-state index is -3.91. The zero-order chi connectivity index (χ0) is 13.6. The molecule has 0 saturated carbocycles. The van der Waals surface area contributed by atoms with E-state index in [2.05, 4.69) is 15.2 Å². The first-order chi connectivity index (χ1) is 8.21. The highest BCUT2D eigenvalue weighted by Gasteiger charge is 2.29. The van der Waals surface area contributed by atoms with Gasteiger partial charge >= 0.3 is 0 Å². The van der Waals surface area contributed by atoms with E-state index in [0.717, 1.165) is 4.88 Å². The van der Waals surface area contributed by atoms with Crippen LogP contribution in [0.1, 0.15) is 20.8 Å². The summed E-state index contributed by atoms with van der Waals surface area (Å²) in [5.41, 5.74) is 1.14. The molecule has 9 heteroatoms. The molecule has 18 heavy (non-hydrogen) atoms. The van der Waals surface area contributed by atoms with Crippen molar-refractivity contribution >= 4 is 21.4 Å². The molecule has 2 aromatic rings. The summed E-state index contributed by atoms with van der Waals surface area (Å²) in [6.07, 6.45) is 1.61. The molecule has 0 radical (unpaired) electrons. The number of hydrogen-bond donors (Lipinski definition) is 1. The van der Waals surface area contributed by atoms with Gasteiger partial charge in [-0.3, -0.25) is 9.55 Å². The van der Waals surface area contributed by atoms with Gasteiger partial charge in [-0.1, -0.05) is 0 Å². The maximum Gasteiger partial charge on any atom is 0.273 e. The lowest BCUT2D eigenvalue weighted by Gasteiger charge is -2.23. The third-order valence-electron chi connectivity index (χ3n) is 2.21. The van der Waals surface area contributed by atoms with Crippen LogP contribution < -0.4 is 5.14 Å². The van der Waals surface area contributed by atoms with Crippen molar-refractivity contribution in [3.63, 3.8) is 0 Å². The molecule has 0 aliphatic rings. The Bertz CT molecular complexity index is 652. The molecule has 2 aromatic heterocycles. The summed E-state index contributed by atoms with van der Waals surface area (Å²) in [6.45, 7) is 5.57. The summed E-state index contributed by atoms with van der Waals surface area (Å²) in [5.74, 6) is 0.453. The fraction of sp³-hybridized carbons (Fsp3) is 0.444. The molecule has 0 fully saturated rings. The number of nitrogens with two attached hydrogens (primary N) is 1. The van der Waals surface area contributed by atoms with E-state index in [1.165, 1.54) is 15.9 Å². The number of rotatable bonds is 2. The standard InChI is InChI=1S/C9H13N5O2S2/c1-9(2,3)14-7(6-4-11-5-17-6)12-13-8(14)18(10,15)16/h4-5H,1-3H3,(H2,10,15,16). The van der Waals surface area contributed by atoms with E-state index >= 15 is 0 Å². The van der Waals surface area contributed by atoms with Gasteiger partial charge in [0.2, 0.25) is 0 Å². The van der Waals surface area contributed by atoms with E-state index in [-0.39, 0.29) is 5.16 Å². The number of hydrogen-bond acceptors (Lipinski definition) is 6. The normalized spacial score (nSPS) is 12.9. The SMILES string of the molecule is CC(C)(C)n1c(-c2cncs2)nnc1S(N)(=O)=O. The molecule has 98 valence electrons. The molecule has 0 saturated heterocycles. The summed E-state index contributed by atoms with van der Waals surface area (Å²) in [6, 6.07) is 0. The van der Waals surface area contributed by atoms with Crippen LogP contribution in [0, 0.1) is 0 Å². The summed E-state index contributed by atoms with van der Waals surface area (Å²) < 4.78 is 24.6. The molecule has 0 aliphatic heterocycles. The van der Waals surface area contributed by atoms with Crippen molar-refractivity contribution in [2.75, 3.05) is 0 Å². The van der Waals surface area contributed by atoms with Crippen molar-refractivity contribution in [1.82, 2.24) is 19.7 Å². The molecule has 0 amide bonds. The third kappa shape index (κ3) is 2.28. The summed E-state index contributed by atoms with van der Waals surface area (Å²) in [4.78, 5) is 4.69. The minimum absolute atomic E-state index is 0.238. The third-order valence-corrected chi connectivity index (χ3v) is 3.75. The Hall–Kier alpha value is -1.32. The van der Waals surface area contributed by atoms with Crippen LogP contribution in [-0.2, 0) is 15.6 Å². The predicted molar refractivity (Wildman–Crippen MR) is 67.5 cm³/mol.